The Labute approximate surface area is 242 Å². The molecule has 41 heavy (non-hydrogen) atoms. The van der Waals surface area contributed by atoms with Gasteiger partial charge in [0.2, 0.25) is 11.8 Å². The van der Waals surface area contributed by atoms with E-state index >= 15 is 0 Å². The number of methoxy groups -OCH3 is 1. The van der Waals surface area contributed by atoms with E-state index in [9.17, 15) is 14.4 Å². The second-order valence-electron chi connectivity index (χ2n) is 9.73. The van der Waals surface area contributed by atoms with Crippen LogP contribution >= 0.6 is 0 Å². The number of amides is 3. The van der Waals surface area contributed by atoms with Crippen molar-refractivity contribution in [3.63, 3.8) is 0 Å². The number of nitrogens with one attached hydrogen (secondary N) is 4. The first-order valence-electron chi connectivity index (χ1n) is 13.8. The number of ether oxygens (including phenoxy) is 2. The number of rotatable bonds is 16. The summed E-state index contributed by atoms with van der Waals surface area (Å²) in [7, 11) is 3.50. The summed E-state index contributed by atoms with van der Waals surface area (Å²) in [4.78, 5) is 39.5. The normalized spacial score (nSPS) is 12.1. The lowest BCUT2D eigenvalue weighted by atomic mass is 10.0. The van der Waals surface area contributed by atoms with E-state index in [2.05, 4.69) is 21.3 Å². The fraction of sp³-hybridized carbons (Fsp3) is 0.344. The molecule has 2 atom stereocenters. The average molecular weight is 561 g/mol. The van der Waals surface area contributed by atoms with Crippen molar-refractivity contribution < 1.29 is 23.9 Å². The Hall–Kier alpha value is -4.21. The zero-order valence-corrected chi connectivity index (χ0v) is 23.7. The van der Waals surface area contributed by atoms with Crippen molar-refractivity contribution in [3.8, 4) is 0 Å². The van der Waals surface area contributed by atoms with Crippen molar-refractivity contribution in [1.82, 2.24) is 16.0 Å². The largest absolute Gasteiger partial charge is 0.445 e. The summed E-state index contributed by atoms with van der Waals surface area (Å²) in [6.07, 6.45) is 1.54. The first-order chi connectivity index (χ1) is 20.0. The molecular formula is C32H40N4O5. The molecule has 0 bridgehead atoms. The summed E-state index contributed by atoms with van der Waals surface area (Å²) in [5.41, 5.74) is 3.30. The maximum absolute atomic E-state index is 13.5. The van der Waals surface area contributed by atoms with Crippen LogP contribution in [0.25, 0.3) is 0 Å². The van der Waals surface area contributed by atoms with Gasteiger partial charge in [-0.1, -0.05) is 72.8 Å². The molecule has 0 aliphatic heterocycles. The predicted octanol–water partition coefficient (Wildman–Crippen LogP) is 4.18. The predicted molar refractivity (Wildman–Crippen MR) is 159 cm³/mol. The zero-order chi connectivity index (χ0) is 29.3. The van der Waals surface area contributed by atoms with Crippen molar-refractivity contribution in [2.75, 3.05) is 26.0 Å². The van der Waals surface area contributed by atoms with Gasteiger partial charge in [-0.05, 0) is 61.7 Å². The van der Waals surface area contributed by atoms with E-state index in [0.29, 0.717) is 18.7 Å². The van der Waals surface area contributed by atoms with Crippen LogP contribution in [0.4, 0.5) is 10.5 Å². The van der Waals surface area contributed by atoms with Gasteiger partial charge in [0.25, 0.3) is 0 Å². The highest BCUT2D eigenvalue weighted by Gasteiger charge is 2.27. The summed E-state index contributed by atoms with van der Waals surface area (Å²) in [6, 6.07) is 24.3. The third kappa shape index (κ3) is 11.4. The number of carbonyl (C=O) groups is 3. The van der Waals surface area contributed by atoms with Gasteiger partial charge in [0.05, 0.1) is 6.61 Å². The molecule has 4 N–H and O–H groups in total. The highest BCUT2D eigenvalue weighted by atomic mass is 16.5. The molecule has 0 heterocycles. The molecule has 0 spiro atoms. The highest BCUT2D eigenvalue weighted by molar-refractivity contribution is 5.98. The number of carbonyl (C=O) groups excluding carboxylic acids is 3. The molecule has 0 saturated heterocycles. The SMILES string of the molecule is CNCCCC[C@H](NC(=O)[C@H](Cc1ccccc1)NC(=O)OCc1ccccc1)C(=O)Nc1ccc(COC)cc1. The average Bonchev–Trinajstić information content (AvgIpc) is 2.99. The lowest BCUT2D eigenvalue weighted by Crippen LogP contribution is -2.53. The number of alkyl carbamates (subject to hydrolysis) is 1. The maximum atomic E-state index is 13.5. The van der Waals surface area contributed by atoms with Crippen molar-refractivity contribution in [2.45, 2.75) is 51.0 Å². The minimum absolute atomic E-state index is 0.0754. The summed E-state index contributed by atoms with van der Waals surface area (Å²) < 4.78 is 10.5. The number of anilines is 1. The van der Waals surface area contributed by atoms with Crippen molar-refractivity contribution in [1.29, 1.82) is 0 Å². The molecule has 9 heteroatoms. The quantitative estimate of drug-likeness (QED) is 0.195. The summed E-state index contributed by atoms with van der Waals surface area (Å²) >= 11 is 0. The second-order valence-corrected chi connectivity index (χ2v) is 9.73. The molecule has 3 aromatic rings. The van der Waals surface area contributed by atoms with Crippen LogP contribution in [0.2, 0.25) is 0 Å². The third-order valence-electron chi connectivity index (χ3n) is 6.44. The molecule has 0 radical (unpaired) electrons. The monoisotopic (exact) mass is 560 g/mol. The van der Waals surface area contributed by atoms with Gasteiger partial charge >= 0.3 is 6.09 Å². The zero-order valence-electron chi connectivity index (χ0n) is 23.7. The first kappa shape index (κ1) is 31.3. The third-order valence-corrected chi connectivity index (χ3v) is 6.44. The number of benzene rings is 3. The molecule has 0 unspecified atom stereocenters. The minimum Gasteiger partial charge on any atom is -0.445 e. The second kappa shape index (κ2) is 17.5. The van der Waals surface area contributed by atoms with Gasteiger partial charge < -0.3 is 30.7 Å². The smallest absolute Gasteiger partial charge is 0.408 e. The summed E-state index contributed by atoms with van der Waals surface area (Å²) in [5, 5.41) is 11.6. The number of hydrogen-bond acceptors (Lipinski definition) is 6. The van der Waals surface area contributed by atoms with E-state index in [-0.39, 0.29) is 18.9 Å². The topological polar surface area (TPSA) is 118 Å². The van der Waals surface area contributed by atoms with Crippen LogP contribution in [0.3, 0.4) is 0 Å². The Bertz CT molecular complexity index is 1210. The van der Waals surface area contributed by atoms with Gasteiger partial charge in [0.15, 0.2) is 0 Å². The van der Waals surface area contributed by atoms with Crippen LogP contribution in [0, 0.1) is 0 Å². The van der Waals surface area contributed by atoms with Crippen molar-refractivity contribution >= 4 is 23.6 Å². The Morgan fingerprint density at radius 2 is 1.34 bits per heavy atom. The molecule has 9 nitrogen and oxygen atoms in total. The molecule has 0 aliphatic rings. The lowest BCUT2D eigenvalue weighted by molar-refractivity contribution is -0.128. The molecule has 0 aromatic heterocycles. The van der Waals surface area contributed by atoms with Crippen LogP contribution in [0.5, 0.6) is 0 Å². The van der Waals surface area contributed by atoms with E-state index in [1.54, 1.807) is 19.2 Å². The Morgan fingerprint density at radius 1 is 0.707 bits per heavy atom. The van der Waals surface area contributed by atoms with Gasteiger partial charge in [0, 0.05) is 19.2 Å². The van der Waals surface area contributed by atoms with E-state index in [4.69, 9.17) is 9.47 Å². The van der Waals surface area contributed by atoms with Crippen molar-refractivity contribution in [2.24, 2.45) is 0 Å². The molecule has 0 saturated carbocycles. The highest BCUT2D eigenvalue weighted by Crippen LogP contribution is 2.13. The van der Waals surface area contributed by atoms with Gasteiger partial charge in [-0.3, -0.25) is 9.59 Å². The summed E-state index contributed by atoms with van der Waals surface area (Å²) in [6.45, 7) is 1.35. The summed E-state index contributed by atoms with van der Waals surface area (Å²) in [5.74, 6) is -0.790. The van der Waals surface area contributed by atoms with Gasteiger partial charge in [-0.25, -0.2) is 4.79 Å². The minimum atomic E-state index is -0.943. The number of unbranched alkanes of at least 4 members (excludes halogenated alkanes) is 1. The van der Waals surface area contributed by atoms with Crippen LogP contribution in [0.15, 0.2) is 84.9 Å². The van der Waals surface area contributed by atoms with E-state index < -0.39 is 24.1 Å². The van der Waals surface area contributed by atoms with E-state index in [0.717, 1.165) is 36.1 Å². The van der Waals surface area contributed by atoms with E-state index in [1.165, 1.54) is 0 Å². The Balaban J connectivity index is 1.70. The Morgan fingerprint density at radius 3 is 1.98 bits per heavy atom. The molecule has 3 aromatic carbocycles. The molecule has 3 rings (SSSR count). The lowest BCUT2D eigenvalue weighted by Gasteiger charge is -2.23. The fourth-order valence-electron chi connectivity index (χ4n) is 4.24. The van der Waals surface area contributed by atoms with Gasteiger partial charge in [0.1, 0.15) is 18.7 Å². The van der Waals surface area contributed by atoms with Crippen LogP contribution in [-0.2, 0) is 38.7 Å². The fourth-order valence-corrected chi connectivity index (χ4v) is 4.24. The Kier molecular flexibility index (Phi) is 13.3. The molecule has 0 fully saturated rings. The molecule has 218 valence electrons. The molecule has 0 aliphatic carbocycles. The standard InChI is InChI=1S/C32H40N4O5/c1-33-20-10-9-15-28(30(37)34-27-18-16-26(17-19-27)22-40-2)35-31(38)29(21-24-11-5-3-6-12-24)36-32(39)41-23-25-13-7-4-8-14-25/h3-8,11-14,16-19,28-29,33H,9-10,15,20-23H2,1-2H3,(H,34,37)(H,35,38)(H,36,39)/t28-,29-/m0/s1. The van der Waals surface area contributed by atoms with Gasteiger partial charge in [-0.2, -0.15) is 0 Å². The van der Waals surface area contributed by atoms with Crippen LogP contribution in [-0.4, -0.2) is 50.7 Å². The van der Waals surface area contributed by atoms with Crippen molar-refractivity contribution in [3.05, 3.63) is 102 Å². The number of hydrogen-bond donors (Lipinski definition) is 4. The van der Waals surface area contributed by atoms with Gasteiger partial charge in [-0.15, -0.1) is 0 Å². The first-order valence-corrected chi connectivity index (χ1v) is 13.8. The molecule has 3 amide bonds. The molecular weight excluding hydrogens is 520 g/mol. The van der Waals surface area contributed by atoms with E-state index in [1.807, 2.05) is 79.8 Å². The maximum Gasteiger partial charge on any atom is 0.408 e. The van der Waals surface area contributed by atoms with Crippen LogP contribution in [0.1, 0.15) is 36.0 Å². The van der Waals surface area contributed by atoms with Crippen LogP contribution < -0.4 is 21.3 Å².